The van der Waals surface area contributed by atoms with Crippen LogP contribution in [0.2, 0.25) is 0 Å². The Morgan fingerprint density at radius 1 is 1.45 bits per heavy atom. The molecule has 1 unspecified atom stereocenters. The first kappa shape index (κ1) is 10.9. The van der Waals surface area contributed by atoms with Crippen molar-refractivity contribution < 1.29 is 21.6 Å². The zero-order chi connectivity index (χ0) is 9.07. The summed E-state index contributed by atoms with van der Waals surface area (Å²) in [4.78, 5) is 0. The highest BCUT2D eigenvalue weighted by Crippen LogP contribution is 2.15. The third-order valence-corrected chi connectivity index (χ3v) is 1.54. The number of alkyl halides is 3. The standard InChI is InChI=1S/C4H8F3NO2S/c1-8(2)11(9)10-3-4(5,6)7/h3H2,1-2H3. The molecule has 0 aromatic rings. The summed E-state index contributed by atoms with van der Waals surface area (Å²) in [6.07, 6.45) is -4.42. The number of hydrogen-bond acceptors (Lipinski definition) is 2. The van der Waals surface area contributed by atoms with E-state index in [0.717, 1.165) is 4.31 Å². The van der Waals surface area contributed by atoms with Crippen LogP contribution in [0.4, 0.5) is 13.2 Å². The number of rotatable bonds is 3. The van der Waals surface area contributed by atoms with Gasteiger partial charge in [-0.05, 0) is 0 Å². The highest BCUT2D eigenvalue weighted by molar-refractivity contribution is 7.77. The number of hydrogen-bond donors (Lipinski definition) is 0. The Balaban J connectivity index is 3.64. The largest absolute Gasteiger partial charge is 0.413 e. The van der Waals surface area contributed by atoms with Gasteiger partial charge in [-0.15, -0.1) is 0 Å². The van der Waals surface area contributed by atoms with Crippen molar-refractivity contribution in [3.8, 4) is 0 Å². The van der Waals surface area contributed by atoms with Crippen molar-refractivity contribution >= 4 is 11.3 Å². The molecule has 11 heavy (non-hydrogen) atoms. The molecule has 0 bridgehead atoms. The predicted octanol–water partition coefficient (Wildman–Crippen LogP) is 0.706. The molecule has 0 amide bonds. The summed E-state index contributed by atoms with van der Waals surface area (Å²) in [5, 5.41) is 0. The maximum absolute atomic E-state index is 11.4. The van der Waals surface area contributed by atoms with Crippen molar-refractivity contribution in [1.82, 2.24) is 4.31 Å². The summed E-state index contributed by atoms with van der Waals surface area (Å²) in [5.74, 6) is 0. The molecule has 0 spiro atoms. The molecule has 0 fully saturated rings. The number of nitrogens with zero attached hydrogens (tertiary/aromatic N) is 1. The van der Waals surface area contributed by atoms with Gasteiger partial charge in [0.2, 0.25) is 11.3 Å². The molecule has 0 aromatic carbocycles. The van der Waals surface area contributed by atoms with Gasteiger partial charge in [0.1, 0.15) is 0 Å². The molecule has 0 aliphatic rings. The molecule has 0 aliphatic carbocycles. The zero-order valence-electron chi connectivity index (χ0n) is 6.01. The van der Waals surface area contributed by atoms with Crippen molar-refractivity contribution in [1.29, 1.82) is 0 Å². The van der Waals surface area contributed by atoms with Crippen LogP contribution in [0.5, 0.6) is 0 Å². The Morgan fingerprint density at radius 3 is 2.18 bits per heavy atom. The summed E-state index contributed by atoms with van der Waals surface area (Å²) >= 11 is -2.00. The molecule has 0 N–H and O–H groups in total. The van der Waals surface area contributed by atoms with Crippen LogP contribution in [0.15, 0.2) is 0 Å². The second-order valence-electron chi connectivity index (χ2n) is 1.91. The van der Waals surface area contributed by atoms with E-state index in [1.54, 1.807) is 0 Å². The van der Waals surface area contributed by atoms with Crippen molar-refractivity contribution in [3.63, 3.8) is 0 Å². The van der Waals surface area contributed by atoms with Gasteiger partial charge >= 0.3 is 6.18 Å². The summed E-state index contributed by atoms with van der Waals surface area (Å²) < 4.78 is 49.7. The molecule has 68 valence electrons. The Kier molecular flexibility index (Phi) is 3.98. The van der Waals surface area contributed by atoms with Crippen LogP contribution >= 0.6 is 0 Å². The van der Waals surface area contributed by atoms with E-state index in [2.05, 4.69) is 4.18 Å². The van der Waals surface area contributed by atoms with Gasteiger partial charge in [0.05, 0.1) is 0 Å². The molecular formula is C4H8F3NO2S. The topological polar surface area (TPSA) is 29.5 Å². The minimum atomic E-state index is -4.42. The second-order valence-corrected chi connectivity index (χ2v) is 3.31. The highest BCUT2D eigenvalue weighted by Gasteiger charge is 2.29. The van der Waals surface area contributed by atoms with Crippen molar-refractivity contribution in [2.24, 2.45) is 0 Å². The third-order valence-electron chi connectivity index (χ3n) is 0.622. The lowest BCUT2D eigenvalue weighted by atomic mass is 10.7. The smallest absolute Gasteiger partial charge is 0.269 e. The third kappa shape index (κ3) is 6.27. The molecule has 0 saturated heterocycles. The average Bonchev–Trinajstić information content (AvgIpc) is 1.80. The maximum Gasteiger partial charge on any atom is 0.413 e. The van der Waals surface area contributed by atoms with Crippen molar-refractivity contribution in [2.75, 3.05) is 20.7 Å². The van der Waals surface area contributed by atoms with Gasteiger partial charge in [-0.3, -0.25) is 4.18 Å². The van der Waals surface area contributed by atoms with Gasteiger partial charge < -0.3 is 0 Å². The fraction of sp³-hybridized carbons (Fsp3) is 1.00. The Labute approximate surface area is 64.9 Å². The molecule has 0 aromatic heterocycles. The van der Waals surface area contributed by atoms with Crippen LogP contribution in [0, 0.1) is 0 Å². The molecule has 0 rings (SSSR count). The van der Waals surface area contributed by atoms with Crippen LogP contribution in [-0.4, -0.2) is 35.4 Å². The second kappa shape index (κ2) is 4.03. The van der Waals surface area contributed by atoms with E-state index in [9.17, 15) is 17.4 Å². The first-order valence-electron chi connectivity index (χ1n) is 2.62. The fourth-order valence-corrected chi connectivity index (χ4v) is 0.668. The summed E-state index contributed by atoms with van der Waals surface area (Å²) in [6.45, 7) is -1.49. The lowest BCUT2D eigenvalue weighted by Crippen LogP contribution is -2.24. The van der Waals surface area contributed by atoms with Gasteiger partial charge in [-0.25, -0.2) is 8.51 Å². The predicted molar refractivity (Wildman–Crippen MR) is 33.8 cm³/mol. The van der Waals surface area contributed by atoms with E-state index in [0.29, 0.717) is 0 Å². The summed E-state index contributed by atoms with van der Waals surface area (Å²) in [6, 6.07) is 0. The first-order valence-corrected chi connectivity index (χ1v) is 3.65. The molecule has 1 atom stereocenters. The van der Waals surface area contributed by atoms with E-state index in [-0.39, 0.29) is 0 Å². The van der Waals surface area contributed by atoms with Gasteiger partial charge in [-0.1, -0.05) is 0 Å². The molecule has 0 aliphatic heterocycles. The van der Waals surface area contributed by atoms with Gasteiger partial charge in [0, 0.05) is 14.1 Å². The van der Waals surface area contributed by atoms with Crippen LogP contribution in [0.25, 0.3) is 0 Å². The molecule has 0 heterocycles. The van der Waals surface area contributed by atoms with Crippen molar-refractivity contribution in [2.45, 2.75) is 6.18 Å². The summed E-state index contributed by atoms with van der Waals surface area (Å²) in [7, 11) is 2.71. The monoisotopic (exact) mass is 191 g/mol. The Hall–Kier alpha value is -0.140. The van der Waals surface area contributed by atoms with Gasteiger partial charge in [0.15, 0.2) is 6.61 Å². The van der Waals surface area contributed by atoms with E-state index in [1.807, 2.05) is 0 Å². The average molecular weight is 191 g/mol. The number of halogens is 3. The lowest BCUT2D eigenvalue weighted by Gasteiger charge is -2.10. The molecular weight excluding hydrogens is 183 g/mol. The van der Waals surface area contributed by atoms with E-state index >= 15 is 0 Å². The fourth-order valence-electron chi connectivity index (χ4n) is 0.223. The minimum absolute atomic E-state index is 1.03. The Morgan fingerprint density at radius 2 is 1.91 bits per heavy atom. The molecule has 0 radical (unpaired) electrons. The molecule has 0 saturated carbocycles. The minimum Gasteiger partial charge on any atom is -0.269 e. The van der Waals surface area contributed by atoms with Gasteiger partial charge in [0.25, 0.3) is 0 Å². The molecule has 7 heteroatoms. The normalized spacial score (nSPS) is 15.5. The van der Waals surface area contributed by atoms with Crippen LogP contribution in [-0.2, 0) is 15.4 Å². The quantitative estimate of drug-likeness (QED) is 0.657. The zero-order valence-corrected chi connectivity index (χ0v) is 6.83. The van der Waals surface area contributed by atoms with Crippen LogP contribution in [0.3, 0.4) is 0 Å². The first-order chi connectivity index (χ1) is 4.83. The summed E-state index contributed by atoms with van der Waals surface area (Å²) in [5.41, 5.74) is 0. The van der Waals surface area contributed by atoms with Gasteiger partial charge in [-0.2, -0.15) is 13.2 Å². The van der Waals surface area contributed by atoms with E-state index < -0.39 is 24.0 Å². The SMILES string of the molecule is CN(C)S(=O)OCC(F)(F)F. The maximum atomic E-state index is 11.4. The lowest BCUT2D eigenvalue weighted by molar-refractivity contribution is -0.152. The highest BCUT2D eigenvalue weighted by atomic mass is 32.2. The van der Waals surface area contributed by atoms with Crippen LogP contribution in [0.1, 0.15) is 0 Å². The van der Waals surface area contributed by atoms with Crippen LogP contribution < -0.4 is 0 Å². The molecule has 3 nitrogen and oxygen atoms in total. The van der Waals surface area contributed by atoms with Crippen molar-refractivity contribution in [3.05, 3.63) is 0 Å². The Bertz CT molecular complexity index is 147. The van der Waals surface area contributed by atoms with E-state index in [4.69, 9.17) is 0 Å². The van der Waals surface area contributed by atoms with E-state index in [1.165, 1.54) is 14.1 Å².